The lowest BCUT2D eigenvalue weighted by molar-refractivity contribution is -0.142. The molecule has 0 saturated carbocycles. The summed E-state index contributed by atoms with van der Waals surface area (Å²) in [6.45, 7) is 5.66. The van der Waals surface area contributed by atoms with Crippen LogP contribution in [0.3, 0.4) is 0 Å². The number of carbonyl (C=O) groups is 2. The first-order chi connectivity index (χ1) is 9.43. The maximum absolute atomic E-state index is 11.6. The molecule has 1 aromatic carbocycles. The van der Waals surface area contributed by atoms with Crippen molar-refractivity contribution in [3.63, 3.8) is 0 Å². The van der Waals surface area contributed by atoms with Gasteiger partial charge in [-0.25, -0.2) is 4.79 Å². The van der Waals surface area contributed by atoms with Crippen LogP contribution in [0.4, 0.5) is 0 Å². The predicted octanol–water partition coefficient (Wildman–Crippen LogP) is 2.17. The largest absolute Gasteiger partial charge is 0.484 e. The molecule has 0 aliphatic heterocycles. The molecule has 20 heavy (non-hydrogen) atoms. The van der Waals surface area contributed by atoms with E-state index in [2.05, 4.69) is 19.2 Å². The summed E-state index contributed by atoms with van der Waals surface area (Å²) in [7, 11) is 0. The number of rotatable bonds is 7. The number of aliphatic carboxylic acids is 1. The lowest BCUT2D eigenvalue weighted by Crippen LogP contribution is -2.42. The van der Waals surface area contributed by atoms with Crippen LogP contribution in [0.1, 0.15) is 38.7 Å². The zero-order valence-electron chi connectivity index (χ0n) is 12.1. The van der Waals surface area contributed by atoms with Crippen LogP contribution in [-0.4, -0.2) is 29.6 Å². The van der Waals surface area contributed by atoms with Crippen LogP contribution < -0.4 is 10.1 Å². The van der Waals surface area contributed by atoms with Crippen molar-refractivity contribution in [1.29, 1.82) is 0 Å². The van der Waals surface area contributed by atoms with Gasteiger partial charge in [0.25, 0.3) is 5.91 Å². The van der Waals surface area contributed by atoms with E-state index in [1.807, 2.05) is 18.2 Å². The van der Waals surface area contributed by atoms with Gasteiger partial charge < -0.3 is 15.2 Å². The Kier molecular flexibility index (Phi) is 6.03. The molecule has 0 bridgehead atoms. The highest BCUT2D eigenvalue weighted by molar-refractivity contribution is 5.84. The quantitative estimate of drug-likeness (QED) is 0.802. The molecule has 5 nitrogen and oxygen atoms in total. The van der Waals surface area contributed by atoms with Crippen molar-refractivity contribution >= 4 is 11.9 Å². The zero-order chi connectivity index (χ0) is 15.1. The van der Waals surface area contributed by atoms with Crippen LogP contribution in [0.2, 0.25) is 0 Å². The van der Waals surface area contributed by atoms with Gasteiger partial charge in [-0.3, -0.25) is 4.79 Å². The molecule has 1 amide bonds. The van der Waals surface area contributed by atoms with Gasteiger partial charge in [0.1, 0.15) is 11.8 Å². The smallest absolute Gasteiger partial charge is 0.326 e. The van der Waals surface area contributed by atoms with Crippen LogP contribution in [-0.2, 0) is 9.59 Å². The molecule has 0 fully saturated rings. The molecule has 1 unspecified atom stereocenters. The minimum Gasteiger partial charge on any atom is -0.484 e. The highest BCUT2D eigenvalue weighted by Gasteiger charge is 2.17. The molecular formula is C15H21NO4. The van der Waals surface area contributed by atoms with E-state index in [4.69, 9.17) is 9.84 Å². The molecule has 0 heterocycles. The van der Waals surface area contributed by atoms with E-state index in [9.17, 15) is 9.59 Å². The molecule has 1 atom stereocenters. The first-order valence-corrected chi connectivity index (χ1v) is 6.69. The van der Waals surface area contributed by atoms with Crippen molar-refractivity contribution in [2.75, 3.05) is 6.61 Å². The highest BCUT2D eigenvalue weighted by Crippen LogP contribution is 2.19. The van der Waals surface area contributed by atoms with Crippen LogP contribution in [0, 0.1) is 0 Å². The molecule has 0 radical (unpaired) electrons. The van der Waals surface area contributed by atoms with Crippen molar-refractivity contribution in [2.45, 2.75) is 39.2 Å². The Labute approximate surface area is 118 Å². The van der Waals surface area contributed by atoms with Crippen LogP contribution in [0.5, 0.6) is 5.75 Å². The Bertz CT molecular complexity index is 471. The first kappa shape index (κ1) is 16.0. The maximum atomic E-state index is 11.6. The Morgan fingerprint density at radius 1 is 1.35 bits per heavy atom. The molecule has 2 N–H and O–H groups in total. The van der Waals surface area contributed by atoms with E-state index >= 15 is 0 Å². The normalized spacial score (nSPS) is 12.0. The summed E-state index contributed by atoms with van der Waals surface area (Å²) in [5.41, 5.74) is 1.12. The van der Waals surface area contributed by atoms with Crippen molar-refractivity contribution in [2.24, 2.45) is 0 Å². The van der Waals surface area contributed by atoms with Gasteiger partial charge >= 0.3 is 5.97 Å². The van der Waals surface area contributed by atoms with Gasteiger partial charge in [-0.2, -0.15) is 0 Å². The first-order valence-electron chi connectivity index (χ1n) is 6.69. The van der Waals surface area contributed by atoms with Gasteiger partial charge in [-0.1, -0.05) is 32.9 Å². The summed E-state index contributed by atoms with van der Waals surface area (Å²) in [6, 6.07) is 6.65. The number of nitrogens with one attached hydrogen (secondary N) is 1. The lowest BCUT2D eigenvalue weighted by atomic mass is 10.0. The molecule has 0 saturated heterocycles. The molecule has 0 aliphatic rings. The second kappa shape index (κ2) is 7.53. The van der Waals surface area contributed by atoms with Crippen LogP contribution >= 0.6 is 0 Å². The summed E-state index contributed by atoms with van der Waals surface area (Å²) < 4.78 is 5.38. The molecular weight excluding hydrogens is 258 g/mol. The summed E-state index contributed by atoms with van der Waals surface area (Å²) in [4.78, 5) is 22.4. The second-order valence-electron chi connectivity index (χ2n) is 4.88. The number of benzene rings is 1. The summed E-state index contributed by atoms with van der Waals surface area (Å²) in [5, 5.41) is 11.3. The number of amides is 1. The maximum Gasteiger partial charge on any atom is 0.326 e. The SMILES string of the molecule is CCC(NC(=O)COc1cccc(C(C)C)c1)C(=O)O. The molecule has 1 rings (SSSR count). The number of carboxylic acids is 1. The Morgan fingerprint density at radius 3 is 2.60 bits per heavy atom. The second-order valence-corrected chi connectivity index (χ2v) is 4.88. The molecule has 1 aromatic rings. The van der Waals surface area contributed by atoms with Gasteiger partial charge in [-0.05, 0) is 30.0 Å². The van der Waals surface area contributed by atoms with Gasteiger partial charge in [0.15, 0.2) is 6.61 Å². The zero-order valence-corrected chi connectivity index (χ0v) is 12.1. The van der Waals surface area contributed by atoms with Crippen molar-refractivity contribution in [1.82, 2.24) is 5.32 Å². The van der Waals surface area contributed by atoms with Gasteiger partial charge in [0.2, 0.25) is 0 Å². The molecule has 110 valence electrons. The highest BCUT2D eigenvalue weighted by atomic mass is 16.5. The minimum atomic E-state index is -1.04. The fraction of sp³-hybridized carbons (Fsp3) is 0.467. The molecule has 0 aliphatic carbocycles. The number of hydrogen-bond acceptors (Lipinski definition) is 3. The Balaban J connectivity index is 2.52. The van der Waals surface area contributed by atoms with E-state index < -0.39 is 17.9 Å². The van der Waals surface area contributed by atoms with Crippen LogP contribution in [0.25, 0.3) is 0 Å². The van der Waals surface area contributed by atoms with Crippen molar-refractivity contribution in [3.8, 4) is 5.75 Å². The van der Waals surface area contributed by atoms with Crippen molar-refractivity contribution < 1.29 is 19.4 Å². The third-order valence-corrected chi connectivity index (χ3v) is 2.94. The fourth-order valence-corrected chi connectivity index (χ4v) is 1.69. The number of ether oxygens (including phenoxy) is 1. The fourth-order valence-electron chi connectivity index (χ4n) is 1.69. The summed E-state index contributed by atoms with van der Waals surface area (Å²) in [6.07, 6.45) is 0.337. The third kappa shape index (κ3) is 4.91. The Morgan fingerprint density at radius 2 is 2.05 bits per heavy atom. The standard InChI is InChI=1S/C15H21NO4/c1-4-13(15(18)19)16-14(17)9-20-12-7-5-6-11(8-12)10(2)3/h5-8,10,13H,4,9H2,1-3H3,(H,16,17)(H,18,19). The molecule has 0 spiro atoms. The number of carbonyl (C=O) groups excluding carboxylic acids is 1. The molecule has 0 aromatic heterocycles. The van der Waals surface area contributed by atoms with E-state index in [-0.39, 0.29) is 6.61 Å². The third-order valence-electron chi connectivity index (χ3n) is 2.94. The van der Waals surface area contributed by atoms with Gasteiger partial charge in [0, 0.05) is 0 Å². The summed E-state index contributed by atoms with van der Waals surface area (Å²) >= 11 is 0. The molecule has 5 heteroatoms. The minimum absolute atomic E-state index is 0.189. The predicted molar refractivity (Wildman–Crippen MR) is 75.9 cm³/mol. The van der Waals surface area contributed by atoms with Crippen LogP contribution in [0.15, 0.2) is 24.3 Å². The van der Waals surface area contributed by atoms with E-state index in [0.29, 0.717) is 18.1 Å². The number of hydrogen-bond donors (Lipinski definition) is 2. The summed E-state index contributed by atoms with van der Waals surface area (Å²) in [5.74, 6) is -0.490. The topological polar surface area (TPSA) is 75.6 Å². The van der Waals surface area contributed by atoms with Gasteiger partial charge in [0.05, 0.1) is 0 Å². The number of carboxylic acid groups (broad SMARTS) is 1. The van der Waals surface area contributed by atoms with Gasteiger partial charge in [-0.15, -0.1) is 0 Å². The monoisotopic (exact) mass is 279 g/mol. The van der Waals surface area contributed by atoms with E-state index in [1.54, 1.807) is 13.0 Å². The average Bonchev–Trinajstić information content (AvgIpc) is 2.42. The Hall–Kier alpha value is -2.04. The van der Waals surface area contributed by atoms with E-state index in [1.165, 1.54) is 0 Å². The average molecular weight is 279 g/mol. The lowest BCUT2D eigenvalue weighted by Gasteiger charge is -2.13. The van der Waals surface area contributed by atoms with E-state index in [0.717, 1.165) is 5.56 Å². The van der Waals surface area contributed by atoms with Crippen molar-refractivity contribution in [3.05, 3.63) is 29.8 Å².